The van der Waals surface area contributed by atoms with Crippen LogP contribution in [-0.4, -0.2) is 17.2 Å². The molecule has 0 amide bonds. The van der Waals surface area contributed by atoms with Gasteiger partial charge in [-0.2, -0.15) is 0 Å². The van der Waals surface area contributed by atoms with Gasteiger partial charge in [0.15, 0.2) is 8.07 Å². The SMILES string of the molecule is C=CC=CC(=CC)[Si](c1ccccc1)(c1ccccc1)c1cc(-n2c3ccccc3c3ccccc32)cc(-n2c3ccccc3c3ccccc32)c1. The number of rotatable bonds is 8. The van der Waals surface area contributed by atoms with E-state index in [2.05, 4.69) is 217 Å². The van der Waals surface area contributed by atoms with E-state index in [9.17, 15) is 0 Å². The van der Waals surface area contributed by atoms with Gasteiger partial charge in [0.05, 0.1) is 22.1 Å². The molecule has 0 aliphatic rings. The first-order valence-corrected chi connectivity index (χ1v) is 19.9. The third kappa shape index (κ3) is 4.85. The van der Waals surface area contributed by atoms with Crippen LogP contribution in [0, 0.1) is 0 Å². The Morgan fingerprint density at radius 1 is 0.462 bits per heavy atom. The van der Waals surface area contributed by atoms with E-state index in [4.69, 9.17) is 0 Å². The zero-order valence-corrected chi connectivity index (χ0v) is 30.2. The maximum atomic E-state index is 4.07. The second-order valence-corrected chi connectivity index (χ2v) is 17.1. The van der Waals surface area contributed by atoms with Crippen molar-refractivity contribution in [3.8, 4) is 11.4 Å². The highest BCUT2D eigenvalue weighted by Crippen LogP contribution is 2.36. The molecule has 0 saturated heterocycles. The first kappa shape index (κ1) is 31.6. The molecule has 0 atom stereocenters. The van der Waals surface area contributed by atoms with Crippen molar-refractivity contribution in [2.45, 2.75) is 6.92 Å². The van der Waals surface area contributed by atoms with Gasteiger partial charge < -0.3 is 9.13 Å². The lowest BCUT2D eigenvalue weighted by atomic mass is 10.2. The molecular formula is C49H38N2Si. The summed E-state index contributed by atoms with van der Waals surface area (Å²) in [5.41, 5.74) is 7.05. The molecule has 0 bridgehead atoms. The van der Waals surface area contributed by atoms with Crippen LogP contribution in [0.2, 0.25) is 0 Å². The molecule has 0 aliphatic heterocycles. The summed E-state index contributed by atoms with van der Waals surface area (Å²) in [7, 11) is -2.95. The molecular weight excluding hydrogens is 645 g/mol. The Morgan fingerprint density at radius 3 is 1.19 bits per heavy atom. The molecule has 9 aromatic rings. The molecule has 52 heavy (non-hydrogen) atoms. The Labute approximate surface area is 305 Å². The van der Waals surface area contributed by atoms with Gasteiger partial charge in [-0.15, -0.1) is 0 Å². The molecule has 0 fully saturated rings. The standard InChI is InChI=1S/C49H38N2Si/c1-3-5-20-38(4-2)52(39-21-8-6-9-22-39,40-23-10-7-11-24-40)41-34-36(50-46-29-16-12-25-42(46)43-26-13-17-30-47(43)50)33-37(35-41)51-48-31-18-14-27-44(48)45-28-15-19-32-49(45)51/h3-35H,1H2,2H3. The summed E-state index contributed by atoms with van der Waals surface area (Å²) >= 11 is 0. The maximum Gasteiger partial charge on any atom is 0.179 e. The Kier molecular flexibility index (Phi) is 7.91. The van der Waals surface area contributed by atoms with Crippen molar-refractivity contribution in [3.63, 3.8) is 0 Å². The Morgan fingerprint density at radius 2 is 0.827 bits per heavy atom. The van der Waals surface area contributed by atoms with E-state index in [-0.39, 0.29) is 0 Å². The van der Waals surface area contributed by atoms with Crippen LogP contribution in [0.5, 0.6) is 0 Å². The van der Waals surface area contributed by atoms with E-state index in [0.717, 1.165) is 11.4 Å². The molecule has 0 spiro atoms. The van der Waals surface area contributed by atoms with Crippen molar-refractivity contribution < 1.29 is 0 Å². The smallest absolute Gasteiger partial charge is 0.179 e. The van der Waals surface area contributed by atoms with E-state index >= 15 is 0 Å². The van der Waals surface area contributed by atoms with Crippen LogP contribution in [-0.2, 0) is 0 Å². The number of para-hydroxylation sites is 4. The van der Waals surface area contributed by atoms with Crippen LogP contribution in [0.25, 0.3) is 55.0 Å². The van der Waals surface area contributed by atoms with E-state index in [1.165, 1.54) is 64.4 Å². The number of allylic oxidation sites excluding steroid dienone is 5. The minimum atomic E-state index is -2.95. The van der Waals surface area contributed by atoms with Crippen molar-refractivity contribution in [2.75, 3.05) is 0 Å². The molecule has 0 N–H and O–H groups in total. The number of fused-ring (bicyclic) bond motifs is 6. The molecule has 2 nitrogen and oxygen atoms in total. The lowest BCUT2D eigenvalue weighted by Crippen LogP contribution is -2.68. The molecule has 0 unspecified atom stereocenters. The fourth-order valence-electron chi connectivity index (χ4n) is 8.46. The number of nitrogens with zero attached hydrogens (tertiary/aromatic N) is 2. The Bertz CT molecular complexity index is 2540. The highest BCUT2D eigenvalue weighted by molar-refractivity contribution is 7.16. The van der Waals surface area contributed by atoms with Crippen LogP contribution in [0.4, 0.5) is 0 Å². The van der Waals surface area contributed by atoms with Gasteiger partial charge in [-0.05, 0) is 70.1 Å². The minimum Gasteiger partial charge on any atom is -0.309 e. The monoisotopic (exact) mass is 682 g/mol. The van der Waals surface area contributed by atoms with Crippen LogP contribution < -0.4 is 15.6 Å². The minimum absolute atomic E-state index is 1.14. The number of aromatic nitrogens is 2. The summed E-state index contributed by atoms with van der Waals surface area (Å²) in [6, 6.07) is 64.9. The summed E-state index contributed by atoms with van der Waals surface area (Å²) < 4.78 is 4.94. The van der Waals surface area contributed by atoms with Gasteiger partial charge in [0, 0.05) is 32.9 Å². The molecule has 3 heteroatoms. The van der Waals surface area contributed by atoms with Crippen molar-refractivity contribution >= 4 is 67.2 Å². The van der Waals surface area contributed by atoms with Crippen LogP contribution in [0.15, 0.2) is 212 Å². The highest BCUT2D eigenvalue weighted by atomic mass is 28.3. The third-order valence-electron chi connectivity index (χ3n) is 10.6. The lowest BCUT2D eigenvalue weighted by molar-refractivity contribution is 1.14. The second kappa shape index (κ2) is 13.0. The predicted molar refractivity (Wildman–Crippen MR) is 226 cm³/mol. The fraction of sp³-hybridized carbons (Fsp3) is 0.0204. The van der Waals surface area contributed by atoms with Crippen molar-refractivity contribution in [1.82, 2.24) is 9.13 Å². The summed E-state index contributed by atoms with van der Waals surface area (Å²) in [5.74, 6) is 0. The van der Waals surface area contributed by atoms with Gasteiger partial charge in [-0.25, -0.2) is 0 Å². The second-order valence-electron chi connectivity index (χ2n) is 13.3. The summed E-state index contributed by atoms with van der Waals surface area (Å²) in [5, 5.41) is 10.3. The zero-order valence-electron chi connectivity index (χ0n) is 29.2. The molecule has 7 aromatic carbocycles. The fourth-order valence-corrected chi connectivity index (χ4v) is 13.3. The number of benzene rings is 7. The van der Waals surface area contributed by atoms with Gasteiger partial charge in [0.1, 0.15) is 0 Å². The average Bonchev–Trinajstić information content (AvgIpc) is 3.73. The van der Waals surface area contributed by atoms with Gasteiger partial charge in [-0.1, -0.05) is 164 Å². The molecule has 2 heterocycles. The first-order chi connectivity index (χ1) is 25.7. The summed E-state index contributed by atoms with van der Waals surface area (Å²) in [6.07, 6.45) is 8.58. The van der Waals surface area contributed by atoms with Crippen LogP contribution >= 0.6 is 0 Å². The topological polar surface area (TPSA) is 9.86 Å². The third-order valence-corrected chi connectivity index (χ3v) is 15.5. The van der Waals surface area contributed by atoms with E-state index < -0.39 is 8.07 Å². The van der Waals surface area contributed by atoms with Gasteiger partial charge >= 0.3 is 0 Å². The molecule has 0 radical (unpaired) electrons. The first-order valence-electron chi connectivity index (χ1n) is 17.9. The molecule has 0 aliphatic carbocycles. The zero-order chi connectivity index (χ0) is 35.1. The average molecular weight is 683 g/mol. The Hall–Kier alpha value is -6.42. The summed E-state index contributed by atoms with van der Waals surface area (Å²) in [4.78, 5) is 0. The van der Waals surface area contributed by atoms with Gasteiger partial charge in [0.2, 0.25) is 0 Å². The lowest BCUT2D eigenvalue weighted by Gasteiger charge is -2.36. The highest BCUT2D eigenvalue weighted by Gasteiger charge is 2.42. The Balaban J connectivity index is 1.49. The predicted octanol–water partition coefficient (Wildman–Crippen LogP) is 10.6. The molecule has 9 rings (SSSR count). The van der Waals surface area contributed by atoms with Crippen LogP contribution in [0.1, 0.15) is 6.92 Å². The van der Waals surface area contributed by atoms with Gasteiger partial charge in [-0.3, -0.25) is 0 Å². The van der Waals surface area contributed by atoms with Gasteiger partial charge in [0.25, 0.3) is 0 Å². The van der Waals surface area contributed by atoms with Crippen molar-refractivity contribution in [1.29, 1.82) is 0 Å². The van der Waals surface area contributed by atoms with Crippen molar-refractivity contribution in [2.24, 2.45) is 0 Å². The number of hydrogen-bond donors (Lipinski definition) is 0. The largest absolute Gasteiger partial charge is 0.309 e. The van der Waals surface area contributed by atoms with E-state index in [0.29, 0.717) is 0 Å². The number of hydrogen-bond acceptors (Lipinski definition) is 0. The molecule has 2 aromatic heterocycles. The van der Waals surface area contributed by atoms with Crippen LogP contribution in [0.3, 0.4) is 0 Å². The maximum absolute atomic E-state index is 4.07. The normalized spacial score (nSPS) is 12.4. The quantitative estimate of drug-likeness (QED) is 0.0858. The molecule has 0 saturated carbocycles. The van der Waals surface area contributed by atoms with E-state index in [1.807, 2.05) is 6.08 Å². The van der Waals surface area contributed by atoms with E-state index in [1.54, 1.807) is 0 Å². The summed E-state index contributed by atoms with van der Waals surface area (Å²) in [6.45, 7) is 6.26. The van der Waals surface area contributed by atoms with Crippen molar-refractivity contribution in [3.05, 3.63) is 212 Å². The molecule has 248 valence electrons.